The third kappa shape index (κ3) is 6.73. The summed E-state index contributed by atoms with van der Waals surface area (Å²) in [5.74, 6) is 0.410. The zero-order chi connectivity index (χ0) is 21.3. The van der Waals surface area contributed by atoms with Crippen molar-refractivity contribution in [2.75, 3.05) is 0 Å². The number of nitriles is 1. The van der Waals surface area contributed by atoms with Gasteiger partial charge in [-0.25, -0.2) is 0 Å². The molecule has 0 heterocycles. The summed E-state index contributed by atoms with van der Waals surface area (Å²) in [5, 5.41) is 20.3. The Balaban J connectivity index is 3.66. The van der Waals surface area contributed by atoms with E-state index in [1.165, 1.54) is 6.08 Å². The molecular formula is C25H39NO. The van der Waals surface area contributed by atoms with Crippen molar-refractivity contribution >= 4 is 6.08 Å². The molecule has 1 N–H and O–H groups in total. The van der Waals surface area contributed by atoms with Gasteiger partial charge in [0.2, 0.25) is 0 Å². The summed E-state index contributed by atoms with van der Waals surface area (Å²) >= 11 is 0. The monoisotopic (exact) mass is 369 g/mol. The highest BCUT2D eigenvalue weighted by Crippen LogP contribution is 2.47. The second kappa shape index (κ2) is 7.70. The molecule has 0 amide bonds. The van der Waals surface area contributed by atoms with Crippen LogP contribution < -0.4 is 0 Å². The van der Waals surface area contributed by atoms with Crippen molar-refractivity contribution in [1.82, 2.24) is 0 Å². The molecule has 2 nitrogen and oxygen atoms in total. The summed E-state index contributed by atoms with van der Waals surface area (Å²) in [5.41, 5.74) is 2.86. The van der Waals surface area contributed by atoms with Gasteiger partial charge in [0.15, 0.2) is 0 Å². The van der Waals surface area contributed by atoms with E-state index >= 15 is 0 Å². The molecule has 1 aromatic carbocycles. The highest BCUT2D eigenvalue weighted by Gasteiger charge is 2.35. The average Bonchev–Trinajstić information content (AvgIpc) is 2.40. The fourth-order valence-electron chi connectivity index (χ4n) is 4.76. The van der Waals surface area contributed by atoms with Gasteiger partial charge in [-0.1, -0.05) is 69.2 Å². The largest absolute Gasteiger partial charge is 0.507 e. The molecule has 0 aliphatic heterocycles. The smallest absolute Gasteiger partial charge is 0.123 e. The van der Waals surface area contributed by atoms with Crippen LogP contribution in [0.15, 0.2) is 18.2 Å². The van der Waals surface area contributed by atoms with Gasteiger partial charge >= 0.3 is 0 Å². The molecule has 0 aliphatic carbocycles. The van der Waals surface area contributed by atoms with Gasteiger partial charge in [0.05, 0.1) is 6.07 Å². The topological polar surface area (TPSA) is 44.0 Å². The Kier molecular flexibility index (Phi) is 6.65. The summed E-state index contributed by atoms with van der Waals surface area (Å²) in [6, 6.07) is 6.18. The van der Waals surface area contributed by atoms with Crippen LogP contribution in [0.1, 0.15) is 98.8 Å². The molecule has 1 rings (SSSR count). The van der Waals surface area contributed by atoms with Gasteiger partial charge in [-0.15, -0.1) is 0 Å². The predicted octanol–water partition coefficient (Wildman–Crippen LogP) is 7.36. The normalized spacial score (nSPS) is 13.8. The lowest BCUT2D eigenvalue weighted by atomic mass is 9.68. The van der Waals surface area contributed by atoms with Crippen LogP contribution in [0.3, 0.4) is 0 Å². The summed E-state index contributed by atoms with van der Waals surface area (Å²) in [6.45, 7) is 22.2. The maximum atomic E-state index is 11.3. The van der Waals surface area contributed by atoms with E-state index in [2.05, 4.69) is 75.3 Å². The van der Waals surface area contributed by atoms with Gasteiger partial charge in [-0.3, -0.25) is 0 Å². The number of allylic oxidation sites excluding steroid dienone is 1. The van der Waals surface area contributed by atoms with Crippen LogP contribution in [-0.2, 0) is 10.8 Å². The van der Waals surface area contributed by atoms with E-state index in [0.717, 1.165) is 29.5 Å². The standard InChI is InChI=1S/C25H39NO/c1-22(2,3)16-24(7,8)19-14-18(12-11-13-26)15-20(21(19)27)25(9,10)17-23(4,5)6/h11-12,14-15,27H,16-17H2,1-10H3. The highest BCUT2D eigenvalue weighted by atomic mass is 16.3. The molecule has 0 atom stereocenters. The SMILES string of the molecule is CC(C)(C)CC(C)(C)c1cc(C=CC#N)cc(C(C)(C)CC(C)(C)C)c1O. The zero-order valence-corrected chi connectivity index (χ0v) is 19.1. The van der Waals surface area contributed by atoms with Crippen LogP contribution in [0.25, 0.3) is 6.08 Å². The number of hydrogen-bond acceptors (Lipinski definition) is 2. The number of hydrogen-bond donors (Lipinski definition) is 1. The van der Waals surface area contributed by atoms with Gasteiger partial charge in [0.1, 0.15) is 5.75 Å². The molecule has 1 aromatic rings. The first kappa shape index (κ1) is 23.3. The Bertz CT molecular complexity index is 682. The summed E-state index contributed by atoms with van der Waals surface area (Å²) in [7, 11) is 0. The minimum absolute atomic E-state index is 0.148. The van der Waals surface area contributed by atoms with E-state index in [1.54, 1.807) is 0 Å². The summed E-state index contributed by atoms with van der Waals surface area (Å²) in [6.07, 6.45) is 5.26. The number of rotatable bonds is 5. The molecule has 150 valence electrons. The Morgan fingerprint density at radius 1 is 0.815 bits per heavy atom. The number of benzene rings is 1. The molecule has 0 unspecified atom stereocenters. The van der Waals surface area contributed by atoms with E-state index in [1.807, 2.05) is 18.2 Å². The zero-order valence-electron chi connectivity index (χ0n) is 19.1. The van der Waals surface area contributed by atoms with E-state index < -0.39 is 0 Å². The van der Waals surface area contributed by atoms with Crippen LogP contribution in [0.5, 0.6) is 5.75 Å². The maximum Gasteiger partial charge on any atom is 0.123 e. The lowest BCUT2D eigenvalue weighted by Crippen LogP contribution is -2.28. The van der Waals surface area contributed by atoms with Crippen molar-refractivity contribution in [1.29, 1.82) is 5.26 Å². The second-order valence-electron chi connectivity index (χ2n) is 11.7. The first-order chi connectivity index (χ1) is 12.0. The fraction of sp³-hybridized carbons (Fsp3) is 0.640. The molecule has 0 aromatic heterocycles. The molecular weight excluding hydrogens is 330 g/mol. The van der Waals surface area contributed by atoms with Crippen molar-refractivity contribution < 1.29 is 5.11 Å². The molecule has 0 aliphatic rings. The molecule has 0 spiro atoms. The second-order valence-corrected chi connectivity index (χ2v) is 11.7. The lowest BCUT2D eigenvalue weighted by Gasteiger charge is -2.37. The quantitative estimate of drug-likeness (QED) is 0.551. The summed E-state index contributed by atoms with van der Waals surface area (Å²) < 4.78 is 0. The Morgan fingerprint density at radius 3 is 1.48 bits per heavy atom. The first-order valence-electron chi connectivity index (χ1n) is 9.93. The van der Waals surface area contributed by atoms with Gasteiger partial charge in [0.25, 0.3) is 0 Å². The third-order valence-corrected chi connectivity index (χ3v) is 4.89. The molecule has 0 fully saturated rings. The molecule has 0 saturated carbocycles. The number of phenolic OH excluding ortho intramolecular Hbond substituents is 1. The van der Waals surface area contributed by atoms with Crippen LogP contribution in [0, 0.1) is 22.2 Å². The van der Waals surface area contributed by atoms with Crippen molar-refractivity contribution in [3.8, 4) is 11.8 Å². The predicted molar refractivity (Wildman–Crippen MR) is 117 cm³/mol. The summed E-state index contributed by atoms with van der Waals surface area (Å²) in [4.78, 5) is 0. The minimum atomic E-state index is -0.175. The Morgan fingerprint density at radius 2 is 1.19 bits per heavy atom. The Labute approximate surface area is 167 Å². The minimum Gasteiger partial charge on any atom is -0.507 e. The van der Waals surface area contributed by atoms with Crippen molar-refractivity contribution in [3.05, 3.63) is 34.9 Å². The van der Waals surface area contributed by atoms with Crippen LogP contribution in [0.4, 0.5) is 0 Å². The number of nitrogens with zero attached hydrogens (tertiary/aromatic N) is 1. The van der Waals surface area contributed by atoms with Gasteiger partial charge in [0, 0.05) is 17.2 Å². The molecule has 0 radical (unpaired) electrons. The molecule has 0 saturated heterocycles. The van der Waals surface area contributed by atoms with Crippen LogP contribution in [0.2, 0.25) is 0 Å². The van der Waals surface area contributed by atoms with E-state index in [4.69, 9.17) is 5.26 Å². The molecule has 0 bridgehead atoms. The highest BCUT2D eigenvalue weighted by molar-refractivity contribution is 5.60. The maximum absolute atomic E-state index is 11.3. The fourth-order valence-corrected chi connectivity index (χ4v) is 4.76. The van der Waals surface area contributed by atoms with Crippen LogP contribution in [-0.4, -0.2) is 5.11 Å². The van der Waals surface area contributed by atoms with Gasteiger partial charge in [-0.2, -0.15) is 5.26 Å². The first-order valence-corrected chi connectivity index (χ1v) is 9.93. The van der Waals surface area contributed by atoms with E-state index in [0.29, 0.717) is 5.75 Å². The number of phenols is 1. The average molecular weight is 370 g/mol. The van der Waals surface area contributed by atoms with Crippen LogP contribution >= 0.6 is 0 Å². The van der Waals surface area contributed by atoms with Crippen molar-refractivity contribution in [2.45, 2.75) is 92.9 Å². The van der Waals surface area contributed by atoms with E-state index in [-0.39, 0.29) is 21.7 Å². The van der Waals surface area contributed by atoms with Crippen molar-refractivity contribution in [3.63, 3.8) is 0 Å². The van der Waals surface area contributed by atoms with Gasteiger partial charge < -0.3 is 5.11 Å². The van der Waals surface area contributed by atoms with Crippen molar-refractivity contribution in [2.24, 2.45) is 10.8 Å². The van der Waals surface area contributed by atoms with Gasteiger partial charge in [-0.05, 0) is 58.3 Å². The molecule has 2 heteroatoms. The van der Waals surface area contributed by atoms with E-state index in [9.17, 15) is 5.11 Å². The lowest BCUT2D eigenvalue weighted by molar-refractivity contribution is 0.268. The molecule has 27 heavy (non-hydrogen) atoms. The third-order valence-electron chi connectivity index (χ3n) is 4.89. The Hall–Kier alpha value is -1.75. The number of aromatic hydroxyl groups is 1.